The lowest BCUT2D eigenvalue weighted by Crippen LogP contribution is -2.28. The van der Waals surface area contributed by atoms with Gasteiger partial charge in [-0.15, -0.1) is 0 Å². The van der Waals surface area contributed by atoms with Gasteiger partial charge >= 0.3 is 0 Å². The van der Waals surface area contributed by atoms with Gasteiger partial charge in [0.2, 0.25) is 0 Å². The Balaban J connectivity index is 1.69. The fraction of sp³-hybridized carbons (Fsp3) is 0.368. The van der Waals surface area contributed by atoms with Crippen molar-refractivity contribution >= 4 is 5.69 Å². The highest BCUT2D eigenvalue weighted by Gasteiger charge is 2.20. The SMILES string of the molecule is Cc1ccccc1CN(C)CC1CCNc2ccccc21. The third-order valence-corrected chi connectivity index (χ3v) is 4.44. The molecule has 0 saturated carbocycles. The van der Waals surface area contributed by atoms with Crippen LogP contribution < -0.4 is 5.32 Å². The van der Waals surface area contributed by atoms with E-state index in [1.807, 2.05) is 0 Å². The molecule has 0 fully saturated rings. The highest BCUT2D eigenvalue weighted by Crippen LogP contribution is 2.31. The van der Waals surface area contributed by atoms with Crippen LogP contribution in [-0.4, -0.2) is 25.0 Å². The molecule has 0 bridgehead atoms. The monoisotopic (exact) mass is 280 g/mol. The van der Waals surface area contributed by atoms with Gasteiger partial charge in [0.15, 0.2) is 0 Å². The third kappa shape index (κ3) is 3.27. The molecule has 110 valence electrons. The van der Waals surface area contributed by atoms with E-state index in [9.17, 15) is 0 Å². The predicted octanol–water partition coefficient (Wildman–Crippen LogP) is 4.03. The molecule has 1 heterocycles. The van der Waals surface area contributed by atoms with Gasteiger partial charge in [0.25, 0.3) is 0 Å². The Bertz CT molecular complexity index is 606. The molecule has 21 heavy (non-hydrogen) atoms. The van der Waals surface area contributed by atoms with E-state index in [4.69, 9.17) is 0 Å². The number of likely N-dealkylation sites (N-methyl/N-ethyl adjacent to an activating group) is 1. The number of benzene rings is 2. The van der Waals surface area contributed by atoms with Crippen LogP contribution in [0.25, 0.3) is 0 Å². The summed E-state index contributed by atoms with van der Waals surface area (Å²) in [5, 5.41) is 3.51. The van der Waals surface area contributed by atoms with Crippen LogP contribution in [0, 0.1) is 6.92 Å². The number of fused-ring (bicyclic) bond motifs is 1. The largest absolute Gasteiger partial charge is 0.385 e. The Labute approximate surface area is 127 Å². The standard InChI is InChI=1S/C19H24N2/c1-15-7-3-4-8-16(15)13-21(2)14-17-11-12-20-19-10-6-5-9-18(17)19/h3-10,17,20H,11-14H2,1-2H3. The fourth-order valence-electron chi connectivity index (χ4n) is 3.26. The minimum atomic E-state index is 0.636. The van der Waals surface area contributed by atoms with Gasteiger partial charge in [-0.25, -0.2) is 0 Å². The van der Waals surface area contributed by atoms with Crippen molar-refractivity contribution in [2.24, 2.45) is 0 Å². The molecule has 3 rings (SSSR count). The smallest absolute Gasteiger partial charge is 0.0376 e. The molecule has 0 spiro atoms. The quantitative estimate of drug-likeness (QED) is 0.909. The second kappa shape index (κ2) is 6.31. The predicted molar refractivity (Wildman–Crippen MR) is 89.8 cm³/mol. The highest BCUT2D eigenvalue weighted by atomic mass is 15.1. The van der Waals surface area contributed by atoms with E-state index < -0.39 is 0 Å². The van der Waals surface area contributed by atoms with E-state index in [2.05, 4.69) is 72.7 Å². The average molecular weight is 280 g/mol. The summed E-state index contributed by atoms with van der Waals surface area (Å²) in [7, 11) is 2.23. The Morgan fingerprint density at radius 3 is 2.71 bits per heavy atom. The maximum absolute atomic E-state index is 3.51. The fourth-order valence-corrected chi connectivity index (χ4v) is 3.26. The second-order valence-corrected chi connectivity index (χ2v) is 6.12. The summed E-state index contributed by atoms with van der Waals surface area (Å²) in [4.78, 5) is 2.45. The molecule has 1 N–H and O–H groups in total. The Kier molecular flexibility index (Phi) is 4.26. The number of aryl methyl sites for hydroxylation is 1. The molecule has 0 aromatic heterocycles. The van der Waals surface area contributed by atoms with Crippen LogP contribution >= 0.6 is 0 Å². The van der Waals surface area contributed by atoms with E-state index in [1.165, 1.54) is 28.8 Å². The molecule has 2 nitrogen and oxygen atoms in total. The summed E-state index contributed by atoms with van der Waals surface area (Å²) in [6, 6.07) is 17.4. The molecule has 0 saturated heterocycles. The number of nitrogens with zero attached hydrogens (tertiary/aromatic N) is 1. The summed E-state index contributed by atoms with van der Waals surface area (Å²) in [6.07, 6.45) is 1.22. The van der Waals surface area contributed by atoms with Crippen LogP contribution in [0.15, 0.2) is 48.5 Å². The number of para-hydroxylation sites is 1. The van der Waals surface area contributed by atoms with Crippen LogP contribution in [0.4, 0.5) is 5.69 Å². The lowest BCUT2D eigenvalue weighted by atomic mass is 9.90. The first-order valence-corrected chi connectivity index (χ1v) is 7.80. The molecule has 1 aliphatic heterocycles. The van der Waals surface area contributed by atoms with Crippen LogP contribution in [-0.2, 0) is 6.54 Å². The normalized spacial score (nSPS) is 17.4. The molecular formula is C19H24N2. The van der Waals surface area contributed by atoms with Gasteiger partial charge in [0.05, 0.1) is 0 Å². The van der Waals surface area contributed by atoms with Crippen molar-refractivity contribution in [3.8, 4) is 0 Å². The molecular weight excluding hydrogens is 256 g/mol. The third-order valence-electron chi connectivity index (χ3n) is 4.44. The van der Waals surface area contributed by atoms with Gasteiger partial charge in [-0.05, 0) is 43.1 Å². The van der Waals surface area contributed by atoms with E-state index >= 15 is 0 Å². The zero-order valence-electron chi connectivity index (χ0n) is 13.0. The van der Waals surface area contributed by atoms with Crippen LogP contribution in [0.2, 0.25) is 0 Å². The van der Waals surface area contributed by atoms with Gasteiger partial charge in [-0.1, -0.05) is 42.5 Å². The van der Waals surface area contributed by atoms with E-state index in [-0.39, 0.29) is 0 Å². The Morgan fingerprint density at radius 2 is 1.86 bits per heavy atom. The molecule has 1 aliphatic rings. The Hall–Kier alpha value is -1.80. The van der Waals surface area contributed by atoms with Gasteiger partial charge in [0.1, 0.15) is 0 Å². The minimum Gasteiger partial charge on any atom is -0.385 e. The summed E-state index contributed by atoms with van der Waals surface area (Å²) < 4.78 is 0. The van der Waals surface area contributed by atoms with Crippen LogP contribution in [0.5, 0.6) is 0 Å². The van der Waals surface area contributed by atoms with E-state index in [0.717, 1.165) is 19.6 Å². The van der Waals surface area contributed by atoms with E-state index in [0.29, 0.717) is 5.92 Å². The maximum Gasteiger partial charge on any atom is 0.0376 e. The number of nitrogens with one attached hydrogen (secondary N) is 1. The molecule has 1 atom stereocenters. The summed E-state index contributed by atoms with van der Waals surface area (Å²) >= 11 is 0. The number of hydrogen-bond donors (Lipinski definition) is 1. The first-order valence-electron chi connectivity index (χ1n) is 7.80. The molecule has 1 unspecified atom stereocenters. The van der Waals surface area contributed by atoms with Crippen LogP contribution in [0.1, 0.15) is 29.0 Å². The Morgan fingerprint density at radius 1 is 1.10 bits per heavy atom. The molecule has 0 amide bonds. The average Bonchev–Trinajstić information content (AvgIpc) is 2.50. The van der Waals surface area contributed by atoms with Crippen molar-refractivity contribution in [3.63, 3.8) is 0 Å². The molecule has 0 radical (unpaired) electrons. The van der Waals surface area contributed by atoms with Gasteiger partial charge in [0, 0.05) is 31.2 Å². The van der Waals surface area contributed by atoms with Crippen molar-refractivity contribution < 1.29 is 0 Å². The molecule has 2 heteroatoms. The number of rotatable bonds is 4. The van der Waals surface area contributed by atoms with Crippen molar-refractivity contribution in [2.45, 2.75) is 25.8 Å². The van der Waals surface area contributed by atoms with Gasteiger partial charge < -0.3 is 10.2 Å². The lowest BCUT2D eigenvalue weighted by Gasteiger charge is -2.30. The molecule has 2 aromatic carbocycles. The maximum atomic E-state index is 3.51. The van der Waals surface area contributed by atoms with Crippen molar-refractivity contribution in [2.75, 3.05) is 25.5 Å². The first-order chi connectivity index (χ1) is 10.2. The summed E-state index contributed by atoms with van der Waals surface area (Å²) in [6.45, 7) is 5.43. The van der Waals surface area contributed by atoms with Crippen LogP contribution in [0.3, 0.4) is 0 Å². The van der Waals surface area contributed by atoms with Gasteiger partial charge in [-0.2, -0.15) is 0 Å². The topological polar surface area (TPSA) is 15.3 Å². The van der Waals surface area contributed by atoms with E-state index in [1.54, 1.807) is 0 Å². The van der Waals surface area contributed by atoms with Crippen molar-refractivity contribution in [1.29, 1.82) is 0 Å². The number of hydrogen-bond acceptors (Lipinski definition) is 2. The number of anilines is 1. The van der Waals surface area contributed by atoms with Crippen molar-refractivity contribution in [3.05, 3.63) is 65.2 Å². The molecule has 2 aromatic rings. The minimum absolute atomic E-state index is 0.636. The second-order valence-electron chi connectivity index (χ2n) is 6.12. The van der Waals surface area contributed by atoms with Crippen molar-refractivity contribution in [1.82, 2.24) is 4.90 Å². The summed E-state index contributed by atoms with van der Waals surface area (Å²) in [5.41, 5.74) is 5.61. The summed E-state index contributed by atoms with van der Waals surface area (Å²) in [5.74, 6) is 0.636. The first kappa shape index (κ1) is 14.2. The lowest BCUT2D eigenvalue weighted by molar-refractivity contribution is 0.297. The zero-order chi connectivity index (χ0) is 14.7. The molecule has 0 aliphatic carbocycles. The highest BCUT2D eigenvalue weighted by molar-refractivity contribution is 5.54. The zero-order valence-corrected chi connectivity index (χ0v) is 13.0. The van der Waals surface area contributed by atoms with Gasteiger partial charge in [-0.3, -0.25) is 0 Å².